The van der Waals surface area contributed by atoms with Crippen LogP contribution in [0.1, 0.15) is 37.7 Å². The van der Waals surface area contributed by atoms with E-state index in [1.807, 2.05) is 30.3 Å². The van der Waals surface area contributed by atoms with Crippen LogP contribution in [0.5, 0.6) is 17.4 Å². The Morgan fingerprint density at radius 1 is 1.00 bits per heavy atom. The number of pyridine rings is 1. The van der Waals surface area contributed by atoms with Crippen LogP contribution < -0.4 is 4.74 Å². The molecular formula is C23H21N2O3Pt-. The number of fused-ring (bicyclic) bond motifs is 2. The number of aliphatic imine (C=N–C) groups is 1. The van der Waals surface area contributed by atoms with Gasteiger partial charge in [-0.2, -0.15) is 0 Å². The summed E-state index contributed by atoms with van der Waals surface area (Å²) in [7, 11) is 0. The van der Waals surface area contributed by atoms with E-state index in [0.717, 1.165) is 23.8 Å². The summed E-state index contributed by atoms with van der Waals surface area (Å²) in [6.07, 6.45) is 6.05. The standard InChI is InChI=1S/C23H21N2O3.Pt/c26-19-10-5-6-15-12-13-21(25-22(15)19)27-17-8-4-7-16(14-17)23-24-18-9-2-1-3-11-20(18)28-23;/h4-8,10,12-13,18,20,26H,1-3,9,11H2;/q-1;/t18-,20-;/m0./s1. The number of phenolic OH excluding ortho intramolecular Hbond substituents is 1. The normalized spacial score (nSPS) is 20.8. The molecule has 5 nitrogen and oxygen atoms in total. The summed E-state index contributed by atoms with van der Waals surface area (Å²) in [6, 6.07) is 18.1. The molecule has 1 aromatic heterocycles. The first kappa shape index (κ1) is 19.9. The van der Waals surface area contributed by atoms with Gasteiger partial charge in [-0.15, -0.1) is 18.2 Å². The third kappa shape index (κ3) is 4.16. The molecule has 1 aliphatic carbocycles. The molecule has 2 heterocycles. The summed E-state index contributed by atoms with van der Waals surface area (Å²) < 4.78 is 12.0. The molecule has 1 saturated carbocycles. The SMILES string of the molecule is Oc1cccc2ccc(Oc3[c-]c(C4=N[C@H]5CCCCC[C@@H]5O4)ccc3)nc12.[Pt]. The number of ether oxygens (including phenoxy) is 2. The van der Waals surface area contributed by atoms with E-state index in [-0.39, 0.29) is 39.0 Å². The van der Waals surface area contributed by atoms with Gasteiger partial charge in [-0.1, -0.05) is 36.6 Å². The van der Waals surface area contributed by atoms with Crippen LogP contribution in [0.3, 0.4) is 0 Å². The van der Waals surface area contributed by atoms with E-state index in [0.29, 0.717) is 23.0 Å². The smallest absolute Gasteiger partial charge is 0.217 e. The Morgan fingerprint density at radius 3 is 2.79 bits per heavy atom. The maximum atomic E-state index is 10.0. The number of para-hydroxylation sites is 1. The van der Waals surface area contributed by atoms with Crippen LogP contribution in [0.15, 0.2) is 53.5 Å². The Hall–Kier alpha value is -2.39. The Kier molecular flexibility index (Phi) is 5.86. The maximum Gasteiger partial charge on any atom is 0.217 e. The minimum atomic E-state index is 0. The first-order valence-electron chi connectivity index (χ1n) is 9.80. The van der Waals surface area contributed by atoms with Crippen molar-refractivity contribution in [2.24, 2.45) is 4.99 Å². The number of rotatable bonds is 3. The van der Waals surface area contributed by atoms with Gasteiger partial charge < -0.3 is 14.6 Å². The first-order chi connectivity index (χ1) is 13.8. The monoisotopic (exact) mass is 568 g/mol. The molecule has 1 N–H and O–H groups in total. The van der Waals surface area contributed by atoms with Crippen LogP contribution in [-0.2, 0) is 25.8 Å². The summed E-state index contributed by atoms with van der Waals surface area (Å²) in [5.41, 5.74) is 1.31. The van der Waals surface area contributed by atoms with Gasteiger partial charge in [0.2, 0.25) is 5.88 Å². The molecule has 5 rings (SSSR count). The zero-order valence-corrected chi connectivity index (χ0v) is 18.1. The summed E-state index contributed by atoms with van der Waals surface area (Å²) in [5, 5.41) is 10.9. The van der Waals surface area contributed by atoms with Crippen LogP contribution in [-0.4, -0.2) is 28.1 Å². The molecule has 29 heavy (non-hydrogen) atoms. The number of benzene rings is 2. The van der Waals surface area contributed by atoms with E-state index in [9.17, 15) is 5.11 Å². The minimum absolute atomic E-state index is 0. The van der Waals surface area contributed by atoms with E-state index in [1.165, 1.54) is 19.3 Å². The van der Waals surface area contributed by atoms with Crippen molar-refractivity contribution in [2.75, 3.05) is 0 Å². The van der Waals surface area contributed by atoms with Gasteiger partial charge >= 0.3 is 0 Å². The first-order valence-corrected chi connectivity index (χ1v) is 9.80. The molecular weight excluding hydrogens is 547 g/mol. The molecule has 3 aromatic rings. The predicted molar refractivity (Wildman–Crippen MR) is 107 cm³/mol. The van der Waals surface area contributed by atoms with Crippen molar-refractivity contribution in [3.05, 3.63) is 60.2 Å². The van der Waals surface area contributed by atoms with E-state index >= 15 is 0 Å². The summed E-state index contributed by atoms with van der Waals surface area (Å²) in [5.74, 6) is 1.74. The van der Waals surface area contributed by atoms with Gasteiger partial charge in [0, 0.05) is 38.3 Å². The molecule has 1 fully saturated rings. The second-order valence-corrected chi connectivity index (χ2v) is 7.33. The number of nitrogens with zero attached hydrogens (tertiary/aromatic N) is 2. The van der Waals surface area contributed by atoms with Gasteiger partial charge in [0.15, 0.2) is 0 Å². The molecule has 2 atom stereocenters. The molecule has 0 unspecified atom stereocenters. The van der Waals surface area contributed by atoms with Gasteiger partial charge in [0.25, 0.3) is 0 Å². The Bertz CT molecular complexity index is 1050. The fourth-order valence-corrected chi connectivity index (χ4v) is 3.91. The number of aromatic hydroxyl groups is 1. The van der Waals surface area contributed by atoms with Crippen molar-refractivity contribution in [2.45, 2.75) is 44.2 Å². The van der Waals surface area contributed by atoms with Gasteiger partial charge in [-0.25, -0.2) is 4.98 Å². The largest absolute Gasteiger partial charge is 0.515 e. The molecule has 0 radical (unpaired) electrons. The average molecular weight is 569 g/mol. The van der Waals surface area contributed by atoms with E-state index in [2.05, 4.69) is 11.1 Å². The third-order valence-electron chi connectivity index (χ3n) is 5.35. The molecule has 2 aliphatic rings. The van der Waals surface area contributed by atoms with Gasteiger partial charge in [0.1, 0.15) is 23.3 Å². The van der Waals surface area contributed by atoms with Crippen LogP contribution in [0.4, 0.5) is 0 Å². The number of hydrogen-bond donors (Lipinski definition) is 1. The molecule has 1 aliphatic heterocycles. The number of phenols is 1. The number of aromatic nitrogens is 1. The summed E-state index contributed by atoms with van der Waals surface area (Å²) >= 11 is 0. The Balaban J connectivity index is 0.00000205. The average Bonchev–Trinajstić information content (AvgIpc) is 2.99. The quantitative estimate of drug-likeness (QED) is 0.452. The van der Waals surface area contributed by atoms with Crippen LogP contribution in [0.2, 0.25) is 0 Å². The van der Waals surface area contributed by atoms with Gasteiger partial charge in [0.05, 0.1) is 6.04 Å². The van der Waals surface area contributed by atoms with E-state index < -0.39 is 0 Å². The molecule has 0 saturated heterocycles. The summed E-state index contributed by atoms with van der Waals surface area (Å²) in [6.45, 7) is 0. The second-order valence-electron chi connectivity index (χ2n) is 7.33. The number of hydrogen-bond acceptors (Lipinski definition) is 5. The second kappa shape index (κ2) is 8.54. The van der Waals surface area contributed by atoms with Crippen LogP contribution in [0.25, 0.3) is 10.9 Å². The molecule has 6 heteroatoms. The Morgan fingerprint density at radius 2 is 1.86 bits per heavy atom. The zero-order valence-electron chi connectivity index (χ0n) is 15.8. The van der Waals surface area contributed by atoms with Crippen molar-refractivity contribution >= 4 is 16.8 Å². The fourth-order valence-electron chi connectivity index (χ4n) is 3.91. The molecule has 0 bridgehead atoms. The van der Waals surface area contributed by atoms with E-state index in [4.69, 9.17) is 14.5 Å². The zero-order chi connectivity index (χ0) is 18.9. The van der Waals surface area contributed by atoms with Gasteiger partial charge in [-0.05, 0) is 31.4 Å². The molecule has 0 amide bonds. The minimum Gasteiger partial charge on any atom is -0.515 e. The van der Waals surface area contributed by atoms with E-state index in [1.54, 1.807) is 18.2 Å². The van der Waals surface area contributed by atoms with Crippen molar-refractivity contribution in [3.63, 3.8) is 0 Å². The predicted octanol–water partition coefficient (Wildman–Crippen LogP) is 5.01. The fraction of sp³-hybridized carbons (Fsp3) is 0.304. The van der Waals surface area contributed by atoms with Crippen molar-refractivity contribution in [3.8, 4) is 17.4 Å². The Labute approximate surface area is 184 Å². The van der Waals surface area contributed by atoms with Crippen molar-refractivity contribution in [1.82, 2.24) is 4.98 Å². The van der Waals surface area contributed by atoms with Crippen LogP contribution in [0, 0.1) is 6.07 Å². The maximum absolute atomic E-state index is 10.0. The van der Waals surface area contributed by atoms with Crippen molar-refractivity contribution < 1.29 is 35.6 Å². The molecule has 0 spiro atoms. The molecule has 152 valence electrons. The van der Waals surface area contributed by atoms with Gasteiger partial charge in [-0.3, -0.25) is 4.99 Å². The summed E-state index contributed by atoms with van der Waals surface area (Å²) in [4.78, 5) is 9.21. The van der Waals surface area contributed by atoms with Crippen molar-refractivity contribution in [1.29, 1.82) is 0 Å². The van der Waals surface area contributed by atoms with Crippen LogP contribution >= 0.6 is 0 Å². The topological polar surface area (TPSA) is 63.9 Å². The molecule has 2 aromatic carbocycles. The third-order valence-corrected chi connectivity index (χ3v) is 5.35.